The third-order valence-corrected chi connectivity index (χ3v) is 5.44. The second-order valence-corrected chi connectivity index (χ2v) is 7.60. The van der Waals surface area contributed by atoms with Gasteiger partial charge in [-0.15, -0.1) is 11.3 Å². The molecule has 146 valence electrons. The number of amides is 1. The largest absolute Gasteiger partial charge is 0.487 e. The number of carbonyl (C=O) groups excluding carboxylic acids is 1. The third-order valence-electron chi connectivity index (χ3n) is 4.52. The van der Waals surface area contributed by atoms with E-state index in [1.54, 1.807) is 22.9 Å². The summed E-state index contributed by atoms with van der Waals surface area (Å²) in [5.41, 5.74) is 5.96. The zero-order chi connectivity index (χ0) is 20.2. The number of thiocarbonyl (C=S) groups is 1. The number of thiazole rings is 1. The summed E-state index contributed by atoms with van der Waals surface area (Å²) >= 11 is 6.94. The van der Waals surface area contributed by atoms with Crippen molar-refractivity contribution in [3.63, 3.8) is 0 Å². The van der Waals surface area contributed by atoms with Gasteiger partial charge in [-0.3, -0.25) is 9.69 Å². The van der Waals surface area contributed by atoms with Crippen LogP contribution >= 0.6 is 23.6 Å². The number of benzene rings is 2. The summed E-state index contributed by atoms with van der Waals surface area (Å²) in [5.74, 6) is 0.589. The molecular weight excluding hydrogens is 402 g/mol. The van der Waals surface area contributed by atoms with Crippen LogP contribution in [0.1, 0.15) is 23.7 Å². The number of aromatic nitrogens is 1. The fourth-order valence-electron chi connectivity index (χ4n) is 2.98. The highest BCUT2D eigenvalue weighted by Crippen LogP contribution is 2.24. The first kappa shape index (κ1) is 19.3. The molecule has 29 heavy (non-hydrogen) atoms. The third kappa shape index (κ3) is 4.36. The Labute approximate surface area is 178 Å². The molecule has 4 rings (SSSR count). The Hall–Kier alpha value is -3.03. The number of nitrogens with one attached hydrogen (secondary N) is 1. The van der Waals surface area contributed by atoms with Crippen molar-refractivity contribution >= 4 is 46.3 Å². The van der Waals surface area contributed by atoms with E-state index in [0.717, 1.165) is 34.7 Å². The van der Waals surface area contributed by atoms with Crippen LogP contribution in [0.2, 0.25) is 0 Å². The van der Waals surface area contributed by atoms with Crippen LogP contribution in [0.4, 0.5) is 5.69 Å². The summed E-state index contributed by atoms with van der Waals surface area (Å²) in [5, 5.41) is 5.37. The summed E-state index contributed by atoms with van der Waals surface area (Å²) in [6.45, 7) is 2.51. The van der Waals surface area contributed by atoms with Crippen molar-refractivity contribution in [1.82, 2.24) is 10.3 Å². The van der Waals surface area contributed by atoms with Crippen LogP contribution < -0.4 is 15.0 Å². The van der Waals surface area contributed by atoms with Gasteiger partial charge in [-0.25, -0.2) is 4.98 Å². The van der Waals surface area contributed by atoms with E-state index in [-0.39, 0.29) is 5.91 Å². The molecule has 2 aromatic carbocycles. The lowest BCUT2D eigenvalue weighted by Gasteiger charge is -2.14. The van der Waals surface area contributed by atoms with Crippen molar-refractivity contribution in [2.45, 2.75) is 20.0 Å². The molecule has 0 atom stereocenters. The van der Waals surface area contributed by atoms with Gasteiger partial charge in [-0.1, -0.05) is 31.2 Å². The summed E-state index contributed by atoms with van der Waals surface area (Å²) in [7, 11) is 0. The number of aryl methyl sites for hydroxylation is 1. The molecule has 1 fully saturated rings. The Balaban J connectivity index is 1.48. The molecule has 0 unspecified atom stereocenters. The Morgan fingerprint density at radius 1 is 1.24 bits per heavy atom. The predicted octanol–water partition coefficient (Wildman–Crippen LogP) is 4.55. The van der Waals surface area contributed by atoms with Gasteiger partial charge in [0.2, 0.25) is 0 Å². The molecule has 1 aromatic heterocycles. The van der Waals surface area contributed by atoms with Gasteiger partial charge in [0.05, 0.1) is 16.9 Å². The minimum atomic E-state index is -0.160. The van der Waals surface area contributed by atoms with Gasteiger partial charge in [-0.2, -0.15) is 0 Å². The van der Waals surface area contributed by atoms with Crippen molar-refractivity contribution in [3.8, 4) is 5.75 Å². The average Bonchev–Trinajstić information content (AvgIpc) is 3.35. The maximum Gasteiger partial charge on any atom is 0.281 e. The molecule has 1 amide bonds. The second kappa shape index (κ2) is 8.55. The Bertz CT molecular complexity index is 1060. The number of rotatable bonds is 6. The van der Waals surface area contributed by atoms with E-state index in [2.05, 4.69) is 17.2 Å². The van der Waals surface area contributed by atoms with E-state index >= 15 is 0 Å². The molecule has 5 nitrogen and oxygen atoms in total. The number of anilines is 1. The van der Waals surface area contributed by atoms with Crippen molar-refractivity contribution in [2.24, 2.45) is 0 Å². The van der Waals surface area contributed by atoms with E-state index in [1.807, 2.05) is 53.9 Å². The molecule has 0 aliphatic carbocycles. The number of carbonyl (C=O) groups is 1. The first-order chi connectivity index (χ1) is 14.1. The van der Waals surface area contributed by atoms with Crippen molar-refractivity contribution in [2.75, 3.05) is 4.90 Å². The van der Waals surface area contributed by atoms with Crippen molar-refractivity contribution < 1.29 is 9.53 Å². The fraction of sp³-hybridized carbons (Fsp3) is 0.136. The van der Waals surface area contributed by atoms with Crippen LogP contribution in [0.15, 0.2) is 65.1 Å². The van der Waals surface area contributed by atoms with Crippen molar-refractivity contribution in [3.05, 3.63) is 81.9 Å². The molecule has 7 heteroatoms. The van der Waals surface area contributed by atoms with Gasteiger partial charge < -0.3 is 10.1 Å². The fourth-order valence-corrected chi connectivity index (χ4v) is 3.82. The van der Waals surface area contributed by atoms with Crippen LogP contribution in [0.25, 0.3) is 6.08 Å². The summed E-state index contributed by atoms with van der Waals surface area (Å²) in [6, 6.07) is 15.4. The quantitative estimate of drug-likeness (QED) is 0.468. The van der Waals surface area contributed by atoms with Crippen LogP contribution in [-0.4, -0.2) is 16.0 Å². The number of hydrogen-bond acceptors (Lipinski definition) is 5. The molecule has 1 aliphatic heterocycles. The Morgan fingerprint density at radius 2 is 2.07 bits per heavy atom. The molecule has 0 spiro atoms. The average molecular weight is 422 g/mol. The normalized spacial score (nSPS) is 15.1. The Kier molecular flexibility index (Phi) is 5.69. The van der Waals surface area contributed by atoms with E-state index in [4.69, 9.17) is 17.0 Å². The highest BCUT2D eigenvalue weighted by atomic mass is 32.1. The van der Waals surface area contributed by atoms with Gasteiger partial charge in [0.25, 0.3) is 5.91 Å². The van der Waals surface area contributed by atoms with Crippen LogP contribution in [-0.2, 0) is 17.8 Å². The molecule has 3 aromatic rings. The maximum atomic E-state index is 12.9. The number of ether oxygens (including phenoxy) is 1. The van der Waals surface area contributed by atoms with E-state index in [1.165, 1.54) is 4.90 Å². The minimum absolute atomic E-state index is 0.160. The summed E-state index contributed by atoms with van der Waals surface area (Å²) in [4.78, 5) is 18.6. The van der Waals surface area contributed by atoms with Gasteiger partial charge in [0.15, 0.2) is 5.11 Å². The lowest BCUT2D eigenvalue weighted by Crippen LogP contribution is -2.30. The van der Waals surface area contributed by atoms with E-state index < -0.39 is 0 Å². The zero-order valence-corrected chi connectivity index (χ0v) is 17.4. The topological polar surface area (TPSA) is 54.5 Å². The second-order valence-electron chi connectivity index (χ2n) is 6.49. The lowest BCUT2D eigenvalue weighted by molar-refractivity contribution is -0.113. The predicted molar refractivity (Wildman–Crippen MR) is 120 cm³/mol. The Morgan fingerprint density at radius 3 is 2.79 bits per heavy atom. The van der Waals surface area contributed by atoms with Gasteiger partial charge in [0, 0.05) is 5.38 Å². The van der Waals surface area contributed by atoms with Crippen molar-refractivity contribution in [1.29, 1.82) is 0 Å². The first-order valence-corrected chi connectivity index (χ1v) is 10.5. The molecule has 0 saturated carbocycles. The molecular formula is C22H19N3O2S2. The summed E-state index contributed by atoms with van der Waals surface area (Å²) < 4.78 is 5.72. The minimum Gasteiger partial charge on any atom is -0.487 e. The summed E-state index contributed by atoms with van der Waals surface area (Å²) in [6.07, 6.45) is 2.69. The number of hydrogen-bond donors (Lipinski definition) is 1. The monoisotopic (exact) mass is 421 g/mol. The molecule has 0 bridgehead atoms. The van der Waals surface area contributed by atoms with Crippen LogP contribution in [0, 0.1) is 0 Å². The first-order valence-electron chi connectivity index (χ1n) is 9.20. The SMILES string of the molecule is CCc1cccc(N2C(=O)/C(=C\c3ccc(OCc4cscn4)cc3)NC2=S)c1. The zero-order valence-electron chi connectivity index (χ0n) is 15.8. The van der Waals surface area contributed by atoms with Gasteiger partial charge in [-0.05, 0) is 60.1 Å². The van der Waals surface area contributed by atoms with Gasteiger partial charge >= 0.3 is 0 Å². The highest BCUT2D eigenvalue weighted by Gasteiger charge is 2.31. The molecule has 1 N–H and O–H groups in total. The lowest BCUT2D eigenvalue weighted by atomic mass is 10.1. The molecule has 1 aliphatic rings. The van der Waals surface area contributed by atoms with Crippen LogP contribution in [0.3, 0.4) is 0 Å². The molecule has 0 radical (unpaired) electrons. The molecule has 1 saturated heterocycles. The standard InChI is InChI=1S/C22H19N3O2S2/c1-2-15-4-3-5-18(10-15)25-21(26)20(24-22(25)28)11-16-6-8-19(9-7-16)27-12-17-13-29-14-23-17/h3-11,13-14H,2,12H2,1H3,(H,24,28)/b20-11+. The number of nitrogens with zero attached hydrogens (tertiary/aromatic N) is 2. The van der Waals surface area contributed by atoms with Gasteiger partial charge in [0.1, 0.15) is 18.1 Å². The van der Waals surface area contributed by atoms with E-state index in [0.29, 0.717) is 17.4 Å². The smallest absolute Gasteiger partial charge is 0.281 e. The maximum absolute atomic E-state index is 12.9. The van der Waals surface area contributed by atoms with Crippen LogP contribution in [0.5, 0.6) is 5.75 Å². The molecule has 2 heterocycles. The highest BCUT2D eigenvalue weighted by molar-refractivity contribution is 7.80. The van der Waals surface area contributed by atoms with E-state index in [9.17, 15) is 4.79 Å².